The fourth-order valence-corrected chi connectivity index (χ4v) is 7.30. The molecule has 1 N–H and O–H groups in total. The van der Waals surface area contributed by atoms with Crippen LogP contribution in [0.4, 0.5) is 0 Å². The molecule has 0 unspecified atom stereocenters. The molecule has 1 saturated carbocycles. The van der Waals surface area contributed by atoms with Crippen LogP contribution in [0.3, 0.4) is 0 Å². The molecule has 3 aromatic heterocycles. The van der Waals surface area contributed by atoms with Crippen molar-refractivity contribution in [1.82, 2.24) is 19.6 Å². The third-order valence-electron chi connectivity index (χ3n) is 6.50. The second-order valence-corrected chi connectivity index (χ2v) is 12.4. The van der Waals surface area contributed by atoms with Crippen molar-refractivity contribution in [1.29, 1.82) is 0 Å². The number of hydrogen-bond donors (Lipinski definition) is 1. The van der Waals surface area contributed by atoms with Gasteiger partial charge in [-0.1, -0.05) is 11.3 Å². The highest BCUT2D eigenvalue weighted by Crippen LogP contribution is 2.36. The number of esters is 1. The highest BCUT2D eigenvalue weighted by molar-refractivity contribution is 7.91. The molecule has 0 aliphatic heterocycles. The lowest BCUT2D eigenvalue weighted by molar-refractivity contribution is -0.146. The third kappa shape index (κ3) is 4.78. The van der Waals surface area contributed by atoms with Crippen molar-refractivity contribution in [3.05, 3.63) is 23.0 Å². The Morgan fingerprint density at radius 3 is 2.57 bits per heavy atom. The minimum atomic E-state index is -3.71. The lowest BCUT2D eigenvalue weighted by atomic mass is 9.89. The minimum Gasteiger partial charge on any atom is -0.480 e. The van der Waals surface area contributed by atoms with E-state index in [-0.39, 0.29) is 28.6 Å². The van der Waals surface area contributed by atoms with Crippen LogP contribution < -0.4 is 4.74 Å². The predicted molar refractivity (Wildman–Crippen MR) is 130 cm³/mol. The number of carbonyl (C=O) groups excluding carboxylic acids is 1. The summed E-state index contributed by atoms with van der Waals surface area (Å²) in [4.78, 5) is 21.7. The van der Waals surface area contributed by atoms with Crippen molar-refractivity contribution >= 4 is 32.1 Å². The van der Waals surface area contributed by atoms with Crippen LogP contribution in [-0.4, -0.2) is 65.2 Å². The van der Waals surface area contributed by atoms with E-state index >= 15 is 0 Å². The van der Waals surface area contributed by atoms with Gasteiger partial charge in [0.05, 0.1) is 37.5 Å². The number of aryl methyl sites for hydroxylation is 1. The molecule has 0 amide bonds. The normalized spacial score (nSPS) is 19.1. The smallest absolute Gasteiger partial charge is 0.318 e. The molecule has 0 spiro atoms. The lowest BCUT2D eigenvalue weighted by Crippen LogP contribution is -2.30. The molecular weight excluding hydrogens is 492 g/mol. The number of carbonyl (C=O) groups is 1. The summed E-state index contributed by atoms with van der Waals surface area (Å²) >= 11 is 1.27. The van der Waals surface area contributed by atoms with E-state index in [9.17, 15) is 18.3 Å². The van der Waals surface area contributed by atoms with Gasteiger partial charge in [0, 0.05) is 11.8 Å². The zero-order valence-electron chi connectivity index (χ0n) is 20.4. The van der Waals surface area contributed by atoms with E-state index in [1.54, 1.807) is 24.4 Å². The van der Waals surface area contributed by atoms with Crippen LogP contribution in [0.5, 0.6) is 5.88 Å². The SMILES string of the molecule is COC(=O)C(C)(C)c1nn2c(-c3cnc(OC)c(S(=O)(=O)CC4CCC(O)CC4)c3)c(C)nc2s1. The fourth-order valence-electron chi connectivity index (χ4n) is 4.42. The predicted octanol–water partition coefficient (Wildman–Crippen LogP) is 2.95. The molecule has 1 fully saturated rings. The van der Waals surface area contributed by atoms with Crippen molar-refractivity contribution in [2.24, 2.45) is 5.92 Å². The molecule has 190 valence electrons. The molecule has 0 saturated heterocycles. The molecule has 1 aliphatic carbocycles. The van der Waals surface area contributed by atoms with Crippen LogP contribution in [0.15, 0.2) is 17.2 Å². The van der Waals surface area contributed by atoms with Gasteiger partial charge in [0.25, 0.3) is 0 Å². The standard InChI is InChI=1S/C23H30N4O6S2/c1-13-18(27-22(25-13)34-20(26-27)23(2,3)21(29)33-5)15-10-17(19(32-4)24-11-15)35(30,31)12-14-6-8-16(28)9-7-14/h10-11,14,16,28H,6-9,12H2,1-5H3. The first-order valence-electron chi connectivity index (χ1n) is 11.4. The molecule has 0 aromatic carbocycles. The Kier molecular flexibility index (Phi) is 6.91. The maximum Gasteiger partial charge on any atom is 0.318 e. The summed E-state index contributed by atoms with van der Waals surface area (Å²) in [6, 6.07) is 1.56. The molecule has 4 rings (SSSR count). The Labute approximate surface area is 208 Å². The minimum absolute atomic E-state index is 0.0170. The Balaban J connectivity index is 1.76. The Morgan fingerprint density at radius 1 is 1.26 bits per heavy atom. The summed E-state index contributed by atoms with van der Waals surface area (Å²) in [6.07, 6.45) is 3.72. The zero-order chi connectivity index (χ0) is 25.5. The number of aromatic nitrogens is 4. The maximum atomic E-state index is 13.4. The van der Waals surface area contributed by atoms with Gasteiger partial charge >= 0.3 is 5.97 Å². The van der Waals surface area contributed by atoms with Gasteiger partial charge in [-0.3, -0.25) is 4.79 Å². The molecule has 10 nitrogen and oxygen atoms in total. The average molecular weight is 523 g/mol. The number of imidazole rings is 1. The van der Waals surface area contributed by atoms with Crippen LogP contribution in [0.1, 0.15) is 50.2 Å². The number of aliphatic hydroxyl groups is 1. The lowest BCUT2D eigenvalue weighted by Gasteiger charge is -2.25. The third-order valence-corrected chi connectivity index (χ3v) is 9.60. The maximum absolute atomic E-state index is 13.4. The first kappa shape index (κ1) is 25.5. The summed E-state index contributed by atoms with van der Waals surface area (Å²) in [7, 11) is -0.987. The Morgan fingerprint density at radius 2 is 1.94 bits per heavy atom. The fraction of sp³-hybridized carbons (Fsp3) is 0.565. The molecule has 0 atom stereocenters. The second kappa shape index (κ2) is 9.47. The topological polar surface area (TPSA) is 133 Å². The monoisotopic (exact) mass is 522 g/mol. The van der Waals surface area contributed by atoms with E-state index in [4.69, 9.17) is 9.47 Å². The Bertz CT molecular complexity index is 1350. The first-order valence-corrected chi connectivity index (χ1v) is 13.8. The number of methoxy groups -OCH3 is 2. The van der Waals surface area contributed by atoms with Crippen LogP contribution in [0.2, 0.25) is 0 Å². The van der Waals surface area contributed by atoms with Crippen molar-refractivity contribution in [2.45, 2.75) is 62.9 Å². The number of ether oxygens (including phenoxy) is 2. The number of rotatable bonds is 7. The van der Waals surface area contributed by atoms with E-state index in [1.165, 1.54) is 31.8 Å². The van der Waals surface area contributed by atoms with Gasteiger partial charge in [-0.15, -0.1) is 0 Å². The number of nitrogens with zero attached hydrogens (tertiary/aromatic N) is 4. The van der Waals surface area contributed by atoms with E-state index < -0.39 is 21.2 Å². The molecule has 0 bridgehead atoms. The summed E-state index contributed by atoms with van der Waals surface area (Å²) in [5.41, 5.74) is 0.811. The summed E-state index contributed by atoms with van der Waals surface area (Å²) in [5.74, 6) is -0.436. The van der Waals surface area contributed by atoms with Crippen LogP contribution in [0.25, 0.3) is 16.2 Å². The second-order valence-electron chi connectivity index (χ2n) is 9.45. The van der Waals surface area contributed by atoms with Gasteiger partial charge in [-0.25, -0.2) is 22.9 Å². The molecule has 12 heteroatoms. The van der Waals surface area contributed by atoms with E-state index in [2.05, 4.69) is 15.1 Å². The largest absolute Gasteiger partial charge is 0.480 e. The summed E-state index contributed by atoms with van der Waals surface area (Å²) < 4.78 is 38.6. The number of pyridine rings is 1. The molecule has 35 heavy (non-hydrogen) atoms. The van der Waals surface area contributed by atoms with Crippen LogP contribution in [0, 0.1) is 12.8 Å². The summed E-state index contributed by atoms with van der Waals surface area (Å²) in [5, 5.41) is 14.9. The first-order chi connectivity index (χ1) is 16.5. The Hall–Kier alpha value is -2.57. The number of hydrogen-bond acceptors (Lipinski definition) is 10. The van der Waals surface area contributed by atoms with Crippen molar-refractivity contribution in [3.63, 3.8) is 0 Å². The van der Waals surface area contributed by atoms with Crippen molar-refractivity contribution in [3.8, 4) is 17.1 Å². The van der Waals surface area contributed by atoms with Crippen LogP contribution >= 0.6 is 11.3 Å². The highest BCUT2D eigenvalue weighted by Gasteiger charge is 2.36. The van der Waals surface area contributed by atoms with Crippen molar-refractivity contribution < 1.29 is 27.8 Å². The van der Waals surface area contributed by atoms with Gasteiger partial charge in [0.15, 0.2) is 9.84 Å². The number of fused-ring (bicyclic) bond motifs is 1. The van der Waals surface area contributed by atoms with Gasteiger partial charge in [-0.2, -0.15) is 5.10 Å². The average Bonchev–Trinajstić information content (AvgIpc) is 3.36. The van der Waals surface area contributed by atoms with Crippen molar-refractivity contribution in [2.75, 3.05) is 20.0 Å². The van der Waals surface area contributed by atoms with E-state index in [1.807, 2.05) is 6.92 Å². The zero-order valence-corrected chi connectivity index (χ0v) is 22.1. The quantitative estimate of drug-likeness (QED) is 0.465. The van der Waals surface area contributed by atoms with Gasteiger partial charge in [0.2, 0.25) is 10.8 Å². The number of sulfone groups is 1. The summed E-state index contributed by atoms with van der Waals surface area (Å²) in [6.45, 7) is 5.27. The molecular formula is C23H30N4O6S2. The van der Waals surface area contributed by atoms with E-state index in [0.29, 0.717) is 52.6 Å². The molecule has 0 radical (unpaired) electrons. The molecule has 3 aromatic rings. The molecule has 3 heterocycles. The van der Waals surface area contributed by atoms with Gasteiger partial charge in [0.1, 0.15) is 15.3 Å². The van der Waals surface area contributed by atoms with Gasteiger partial charge < -0.3 is 14.6 Å². The van der Waals surface area contributed by atoms with E-state index in [0.717, 1.165) is 0 Å². The highest BCUT2D eigenvalue weighted by atomic mass is 32.2. The number of aliphatic hydroxyl groups excluding tert-OH is 1. The van der Waals surface area contributed by atoms with Crippen LogP contribution in [-0.2, 0) is 24.8 Å². The molecule has 1 aliphatic rings. The van der Waals surface area contributed by atoms with Gasteiger partial charge in [-0.05, 0) is 58.4 Å².